The summed E-state index contributed by atoms with van der Waals surface area (Å²) in [5, 5.41) is 10.7. The van der Waals surface area contributed by atoms with Crippen molar-refractivity contribution in [2.45, 2.75) is 26.4 Å². The molecule has 0 aliphatic heterocycles. The minimum absolute atomic E-state index is 0.426. The number of carbonyl (C=O) groups excluding carboxylic acids is 1. The molecule has 4 N–H and O–H groups in total. The molecule has 0 atom stereocenters. The van der Waals surface area contributed by atoms with Crippen molar-refractivity contribution in [1.29, 1.82) is 0 Å². The van der Waals surface area contributed by atoms with E-state index in [-0.39, 0.29) is 0 Å². The van der Waals surface area contributed by atoms with Crippen LogP contribution in [0.15, 0.2) is 47.7 Å². The number of nitrogens with one attached hydrogen (secondary N) is 2. The van der Waals surface area contributed by atoms with Gasteiger partial charge < -0.3 is 16.4 Å². The number of primary amides is 1. The highest BCUT2D eigenvalue weighted by molar-refractivity contribution is 5.92. The first kappa shape index (κ1) is 17.5. The van der Waals surface area contributed by atoms with E-state index in [1.165, 1.54) is 0 Å². The van der Waals surface area contributed by atoms with Crippen LogP contribution in [0.2, 0.25) is 0 Å². The molecule has 128 valence electrons. The predicted octanol–water partition coefficient (Wildman–Crippen LogP) is 1.13. The van der Waals surface area contributed by atoms with Gasteiger partial charge in [-0.2, -0.15) is 5.10 Å². The Bertz CT molecular complexity index is 665. The minimum Gasteiger partial charge on any atom is -0.366 e. The van der Waals surface area contributed by atoms with Gasteiger partial charge >= 0.3 is 0 Å². The van der Waals surface area contributed by atoms with Gasteiger partial charge in [0.15, 0.2) is 5.96 Å². The average molecular weight is 328 g/mol. The molecule has 1 aromatic carbocycles. The fourth-order valence-corrected chi connectivity index (χ4v) is 2.22. The lowest BCUT2D eigenvalue weighted by Gasteiger charge is -2.11. The van der Waals surface area contributed by atoms with E-state index < -0.39 is 5.91 Å². The van der Waals surface area contributed by atoms with Gasteiger partial charge in [0.1, 0.15) is 0 Å². The van der Waals surface area contributed by atoms with Crippen LogP contribution >= 0.6 is 0 Å². The first-order chi connectivity index (χ1) is 11.7. The molecular formula is C17H24N6O. The molecule has 0 radical (unpaired) electrons. The molecule has 2 rings (SSSR count). The summed E-state index contributed by atoms with van der Waals surface area (Å²) >= 11 is 0. The van der Waals surface area contributed by atoms with Crippen LogP contribution in [0.4, 0.5) is 0 Å². The van der Waals surface area contributed by atoms with E-state index in [0.717, 1.165) is 37.6 Å². The Hall–Kier alpha value is -2.83. The Kier molecular flexibility index (Phi) is 6.82. The fourth-order valence-electron chi connectivity index (χ4n) is 2.22. The molecule has 7 nitrogen and oxygen atoms in total. The third kappa shape index (κ3) is 5.75. The van der Waals surface area contributed by atoms with E-state index in [1.807, 2.05) is 36.0 Å². The third-order valence-electron chi connectivity index (χ3n) is 3.39. The third-order valence-corrected chi connectivity index (χ3v) is 3.39. The van der Waals surface area contributed by atoms with Crippen molar-refractivity contribution in [2.75, 3.05) is 13.1 Å². The maximum Gasteiger partial charge on any atom is 0.248 e. The molecule has 24 heavy (non-hydrogen) atoms. The Balaban J connectivity index is 1.85. The smallest absolute Gasteiger partial charge is 0.248 e. The number of aliphatic imine (C=N–C) groups is 1. The highest BCUT2D eigenvalue weighted by atomic mass is 16.1. The highest BCUT2D eigenvalue weighted by Gasteiger charge is 2.02. The van der Waals surface area contributed by atoms with E-state index in [0.29, 0.717) is 12.1 Å². The highest BCUT2D eigenvalue weighted by Crippen LogP contribution is 2.06. The van der Waals surface area contributed by atoms with Gasteiger partial charge in [0.2, 0.25) is 5.91 Å². The van der Waals surface area contributed by atoms with Gasteiger partial charge in [-0.3, -0.25) is 9.48 Å². The van der Waals surface area contributed by atoms with Crippen molar-refractivity contribution in [2.24, 2.45) is 10.7 Å². The predicted molar refractivity (Wildman–Crippen MR) is 94.6 cm³/mol. The Morgan fingerprint density at radius 3 is 2.92 bits per heavy atom. The molecule has 1 aromatic heterocycles. The number of benzene rings is 1. The van der Waals surface area contributed by atoms with Crippen LogP contribution in [-0.2, 0) is 13.1 Å². The summed E-state index contributed by atoms with van der Waals surface area (Å²) in [7, 11) is 0. The van der Waals surface area contributed by atoms with Gasteiger partial charge in [0, 0.05) is 37.6 Å². The topological polar surface area (TPSA) is 97.3 Å². The summed E-state index contributed by atoms with van der Waals surface area (Å²) in [6.45, 7) is 4.95. The number of rotatable bonds is 8. The molecule has 0 aliphatic carbocycles. The van der Waals surface area contributed by atoms with Gasteiger partial charge in [-0.25, -0.2) is 4.99 Å². The maximum absolute atomic E-state index is 11.2. The average Bonchev–Trinajstić information content (AvgIpc) is 3.10. The number of amides is 1. The summed E-state index contributed by atoms with van der Waals surface area (Å²) in [5.41, 5.74) is 6.75. The molecule has 1 heterocycles. The van der Waals surface area contributed by atoms with Gasteiger partial charge in [-0.15, -0.1) is 0 Å². The quantitative estimate of drug-likeness (QED) is 0.384. The molecule has 0 spiro atoms. The second-order valence-corrected chi connectivity index (χ2v) is 5.31. The molecule has 0 unspecified atom stereocenters. The number of carbonyl (C=O) groups is 1. The normalized spacial score (nSPS) is 11.3. The standard InChI is InChI=1S/C17H24N6O/c1-2-19-17(20-8-4-10-23-11-5-9-22-23)21-13-14-6-3-7-15(12-14)16(18)24/h3,5-7,9,11-12H,2,4,8,10,13H2,1H3,(H2,18,24)(H2,19,20,21). The molecule has 0 saturated heterocycles. The van der Waals surface area contributed by atoms with Crippen LogP contribution in [0.3, 0.4) is 0 Å². The minimum atomic E-state index is -0.426. The van der Waals surface area contributed by atoms with Crippen LogP contribution in [0.25, 0.3) is 0 Å². The summed E-state index contributed by atoms with van der Waals surface area (Å²) in [4.78, 5) is 15.8. The SMILES string of the molecule is CCNC(=NCc1cccc(C(N)=O)c1)NCCCn1cccn1. The second-order valence-electron chi connectivity index (χ2n) is 5.31. The van der Waals surface area contributed by atoms with Crippen molar-refractivity contribution >= 4 is 11.9 Å². The number of nitrogens with zero attached hydrogens (tertiary/aromatic N) is 3. The maximum atomic E-state index is 11.2. The van der Waals surface area contributed by atoms with Crippen LogP contribution in [0.5, 0.6) is 0 Å². The summed E-state index contributed by atoms with van der Waals surface area (Å²) in [6.07, 6.45) is 4.67. The van der Waals surface area contributed by atoms with Gasteiger partial charge in [0.05, 0.1) is 6.54 Å². The van der Waals surface area contributed by atoms with Crippen molar-refractivity contribution in [1.82, 2.24) is 20.4 Å². The van der Waals surface area contributed by atoms with Gasteiger partial charge in [-0.05, 0) is 37.1 Å². The number of aryl methyl sites for hydroxylation is 1. The molecule has 1 amide bonds. The molecule has 0 fully saturated rings. The number of aromatic nitrogens is 2. The number of nitrogens with two attached hydrogens (primary N) is 1. The largest absolute Gasteiger partial charge is 0.366 e. The van der Waals surface area contributed by atoms with Crippen LogP contribution < -0.4 is 16.4 Å². The van der Waals surface area contributed by atoms with E-state index in [1.54, 1.807) is 18.3 Å². The zero-order chi connectivity index (χ0) is 17.2. The zero-order valence-corrected chi connectivity index (χ0v) is 13.9. The molecule has 0 aliphatic rings. The Labute approximate surface area is 142 Å². The molecule has 0 bridgehead atoms. The fraction of sp³-hybridized carbons (Fsp3) is 0.353. The molecule has 0 saturated carbocycles. The van der Waals surface area contributed by atoms with E-state index >= 15 is 0 Å². The lowest BCUT2D eigenvalue weighted by atomic mass is 10.1. The summed E-state index contributed by atoms with van der Waals surface area (Å²) in [6, 6.07) is 9.13. The summed E-state index contributed by atoms with van der Waals surface area (Å²) in [5.74, 6) is 0.326. The number of guanidine groups is 1. The van der Waals surface area contributed by atoms with Crippen molar-refractivity contribution in [3.63, 3.8) is 0 Å². The second kappa shape index (κ2) is 9.34. The van der Waals surface area contributed by atoms with E-state index in [9.17, 15) is 4.79 Å². The molecular weight excluding hydrogens is 304 g/mol. The monoisotopic (exact) mass is 328 g/mol. The first-order valence-corrected chi connectivity index (χ1v) is 8.07. The summed E-state index contributed by atoms with van der Waals surface area (Å²) < 4.78 is 1.90. The Morgan fingerprint density at radius 1 is 1.33 bits per heavy atom. The number of hydrogen-bond acceptors (Lipinski definition) is 3. The van der Waals surface area contributed by atoms with Crippen LogP contribution in [0, 0.1) is 0 Å². The first-order valence-electron chi connectivity index (χ1n) is 8.07. The van der Waals surface area contributed by atoms with Crippen molar-refractivity contribution in [3.8, 4) is 0 Å². The van der Waals surface area contributed by atoms with Gasteiger partial charge in [-0.1, -0.05) is 12.1 Å². The lowest BCUT2D eigenvalue weighted by Crippen LogP contribution is -2.38. The van der Waals surface area contributed by atoms with Crippen molar-refractivity contribution in [3.05, 3.63) is 53.9 Å². The lowest BCUT2D eigenvalue weighted by molar-refractivity contribution is 0.1000. The van der Waals surface area contributed by atoms with Crippen LogP contribution in [0.1, 0.15) is 29.3 Å². The molecule has 2 aromatic rings. The zero-order valence-electron chi connectivity index (χ0n) is 13.9. The van der Waals surface area contributed by atoms with Crippen LogP contribution in [-0.4, -0.2) is 34.7 Å². The van der Waals surface area contributed by atoms with Crippen molar-refractivity contribution < 1.29 is 4.79 Å². The molecule has 7 heteroatoms. The van der Waals surface area contributed by atoms with E-state index in [4.69, 9.17) is 5.73 Å². The number of hydrogen-bond donors (Lipinski definition) is 3. The van der Waals surface area contributed by atoms with Gasteiger partial charge in [0.25, 0.3) is 0 Å². The Morgan fingerprint density at radius 2 is 2.21 bits per heavy atom. The van der Waals surface area contributed by atoms with E-state index in [2.05, 4.69) is 20.7 Å².